The van der Waals surface area contributed by atoms with Crippen molar-refractivity contribution in [2.45, 2.75) is 20.8 Å². The molecule has 0 aromatic heterocycles. The zero-order chi connectivity index (χ0) is 11.8. The molecule has 0 fully saturated rings. The monoisotopic (exact) mass is 238 g/mol. The summed E-state index contributed by atoms with van der Waals surface area (Å²) < 4.78 is 0. The molecule has 0 bridgehead atoms. The Kier molecular flexibility index (Phi) is 5.35. The van der Waals surface area contributed by atoms with Crippen LogP contribution in [0, 0.1) is 20.8 Å². The van der Waals surface area contributed by atoms with Crippen LogP contribution in [0.25, 0.3) is 0 Å². The van der Waals surface area contributed by atoms with Gasteiger partial charge in [0.25, 0.3) is 0 Å². The van der Waals surface area contributed by atoms with E-state index in [0.717, 1.165) is 5.56 Å². The van der Waals surface area contributed by atoms with Crippen LogP contribution in [0.2, 0.25) is 0 Å². The van der Waals surface area contributed by atoms with E-state index in [-0.39, 0.29) is 24.4 Å². The minimum absolute atomic E-state index is 0. The summed E-state index contributed by atoms with van der Waals surface area (Å²) in [5, 5.41) is 0. The van der Waals surface area contributed by atoms with Gasteiger partial charge in [0, 0.05) is 0 Å². The third-order valence-electron chi connectivity index (χ3n) is 2.21. The Hall–Kier alpha value is -0.203. The van der Waals surface area contributed by atoms with Gasteiger partial charge in [-0.3, -0.25) is 0 Å². The standard InChI is InChI=1S/C10H15O4P.Li.H/c1-6-4-7(2)9(8(3)5-6)10(11)15(12,13)14;;/h4-5,12-15H,1-3H3;;. The average molecular weight is 238 g/mol. The molecule has 0 aliphatic heterocycles. The second kappa shape index (κ2) is 5.42. The second-order valence-corrected chi connectivity index (χ2v) is 5.46. The molecule has 16 heavy (non-hydrogen) atoms. The molecular weight excluding hydrogens is 222 g/mol. The molecule has 1 rings (SSSR count). The van der Waals surface area contributed by atoms with Gasteiger partial charge in [-0.1, -0.05) is 0 Å². The summed E-state index contributed by atoms with van der Waals surface area (Å²) in [5.74, 6) is 0. The number of rotatable bonds is 2. The van der Waals surface area contributed by atoms with Gasteiger partial charge in [-0.25, -0.2) is 0 Å². The molecule has 0 saturated heterocycles. The minimum atomic E-state index is -4.72. The van der Waals surface area contributed by atoms with Crippen molar-refractivity contribution in [3.05, 3.63) is 34.4 Å². The van der Waals surface area contributed by atoms with Crippen molar-refractivity contribution in [2.24, 2.45) is 0 Å². The Labute approximate surface area is 107 Å². The molecule has 0 aliphatic rings. The fourth-order valence-corrected chi connectivity index (χ4v) is 2.44. The van der Waals surface area contributed by atoms with E-state index in [1.807, 2.05) is 6.92 Å². The third-order valence-corrected chi connectivity index (χ3v) is 3.07. The van der Waals surface area contributed by atoms with Crippen molar-refractivity contribution in [1.82, 2.24) is 0 Å². The molecule has 0 unspecified atom stereocenters. The Balaban J connectivity index is 0.00000225. The normalized spacial score (nSPS) is 11.9. The topological polar surface area (TPSA) is 77.8 Å². The molecule has 0 saturated carbocycles. The predicted octanol–water partition coefficient (Wildman–Crippen LogP) is 0.575. The summed E-state index contributed by atoms with van der Waals surface area (Å²) in [6.07, 6.45) is 0. The van der Waals surface area contributed by atoms with Gasteiger partial charge in [0.15, 0.2) is 0 Å². The first-order chi connectivity index (χ1) is 6.73. The zero-order valence-electron chi connectivity index (χ0n) is 8.90. The molecule has 0 aliphatic carbocycles. The van der Waals surface area contributed by atoms with E-state index in [9.17, 15) is 4.79 Å². The Morgan fingerprint density at radius 2 is 1.44 bits per heavy atom. The molecular formula is C10H16LiO4P. The summed E-state index contributed by atoms with van der Waals surface area (Å²) in [6.45, 7) is 5.29. The number of hydrogen-bond donors (Lipinski definition) is 3. The van der Waals surface area contributed by atoms with E-state index in [1.165, 1.54) is 0 Å². The quantitative estimate of drug-likeness (QED) is 0.520. The van der Waals surface area contributed by atoms with E-state index in [4.69, 9.17) is 14.7 Å². The maximum atomic E-state index is 11.5. The summed E-state index contributed by atoms with van der Waals surface area (Å²) >= 11 is 0. The molecule has 1 aromatic rings. The van der Waals surface area contributed by atoms with Crippen LogP contribution in [0.3, 0.4) is 0 Å². The second-order valence-electron chi connectivity index (χ2n) is 3.74. The summed E-state index contributed by atoms with van der Waals surface area (Å²) in [5.41, 5.74) is 1.53. The van der Waals surface area contributed by atoms with Gasteiger partial charge in [0.1, 0.15) is 0 Å². The Bertz CT molecular complexity index is 389. The molecule has 0 atom stereocenters. The summed E-state index contributed by atoms with van der Waals surface area (Å²) in [6, 6.07) is 3.53. The van der Waals surface area contributed by atoms with Crippen LogP contribution in [0.4, 0.5) is 0 Å². The molecule has 86 valence electrons. The van der Waals surface area contributed by atoms with Gasteiger partial charge in [0.2, 0.25) is 0 Å². The van der Waals surface area contributed by atoms with E-state index in [1.54, 1.807) is 26.0 Å². The first kappa shape index (κ1) is 15.8. The van der Waals surface area contributed by atoms with Crippen LogP contribution in [-0.4, -0.2) is 39.1 Å². The van der Waals surface area contributed by atoms with E-state index in [2.05, 4.69) is 0 Å². The molecule has 0 amide bonds. The Morgan fingerprint density at radius 3 is 1.75 bits per heavy atom. The van der Waals surface area contributed by atoms with Crippen molar-refractivity contribution in [3.63, 3.8) is 0 Å². The number of carbonyl (C=O) groups is 1. The molecule has 6 heteroatoms. The van der Waals surface area contributed by atoms with Gasteiger partial charge in [-0.15, -0.1) is 0 Å². The number of hydrogen-bond acceptors (Lipinski definition) is 4. The molecule has 3 N–H and O–H groups in total. The van der Waals surface area contributed by atoms with Crippen LogP contribution in [0.1, 0.15) is 27.0 Å². The van der Waals surface area contributed by atoms with Crippen LogP contribution < -0.4 is 0 Å². The number of benzene rings is 1. The molecule has 1 aromatic carbocycles. The van der Waals surface area contributed by atoms with Crippen molar-refractivity contribution in [1.29, 1.82) is 0 Å². The first-order valence-corrected chi connectivity index (χ1v) is 6.37. The summed E-state index contributed by atoms with van der Waals surface area (Å²) in [7, 11) is -4.72. The first-order valence-electron chi connectivity index (χ1n) is 4.53. The fourth-order valence-electron chi connectivity index (χ4n) is 1.71. The predicted molar refractivity (Wildman–Crippen MR) is 67.1 cm³/mol. The van der Waals surface area contributed by atoms with Gasteiger partial charge in [0.05, 0.1) is 0 Å². The van der Waals surface area contributed by atoms with Crippen LogP contribution in [-0.2, 0) is 0 Å². The van der Waals surface area contributed by atoms with Gasteiger partial charge >= 0.3 is 107 Å². The third kappa shape index (κ3) is 3.40. The Morgan fingerprint density at radius 1 is 1.06 bits per heavy atom. The van der Waals surface area contributed by atoms with Crippen molar-refractivity contribution >= 4 is 32.3 Å². The van der Waals surface area contributed by atoms with Crippen LogP contribution >= 0.6 is 7.94 Å². The van der Waals surface area contributed by atoms with Gasteiger partial charge in [-0.05, 0) is 0 Å². The van der Waals surface area contributed by atoms with Gasteiger partial charge < -0.3 is 0 Å². The molecule has 0 spiro atoms. The van der Waals surface area contributed by atoms with Gasteiger partial charge in [-0.2, -0.15) is 0 Å². The van der Waals surface area contributed by atoms with Crippen molar-refractivity contribution < 1.29 is 19.5 Å². The SMILES string of the molecule is Cc1cc(C)c(C(=O)[PH](O)(O)O)c(C)c1.[LiH]. The van der Waals surface area contributed by atoms with E-state index < -0.39 is 13.5 Å². The van der Waals surface area contributed by atoms with Crippen LogP contribution in [0.5, 0.6) is 0 Å². The van der Waals surface area contributed by atoms with Crippen molar-refractivity contribution in [2.75, 3.05) is 0 Å². The van der Waals surface area contributed by atoms with E-state index >= 15 is 0 Å². The average Bonchev–Trinajstić information content (AvgIpc) is 1.99. The molecule has 4 nitrogen and oxygen atoms in total. The fraction of sp³-hybridized carbons (Fsp3) is 0.300. The van der Waals surface area contributed by atoms with Crippen molar-refractivity contribution in [3.8, 4) is 0 Å². The maximum absolute atomic E-state index is 11.5. The molecule has 0 radical (unpaired) electrons. The number of carbonyl (C=O) groups excluding carboxylic acids is 1. The van der Waals surface area contributed by atoms with E-state index in [0.29, 0.717) is 11.1 Å². The van der Waals surface area contributed by atoms with Crippen LogP contribution in [0.15, 0.2) is 12.1 Å². The zero-order valence-corrected chi connectivity index (χ0v) is 9.90. The molecule has 0 heterocycles. The summed E-state index contributed by atoms with van der Waals surface area (Å²) in [4.78, 5) is 38.4. The number of aryl methyl sites for hydroxylation is 3.